The smallest absolute Gasteiger partial charge is 0.158 e. The number of ether oxygens (including phenoxy) is 4. The lowest BCUT2D eigenvalue weighted by Gasteiger charge is -2.27. The van der Waals surface area contributed by atoms with Gasteiger partial charge in [0.1, 0.15) is 12.2 Å². The van der Waals surface area contributed by atoms with Crippen molar-refractivity contribution in [2.75, 3.05) is 19.8 Å². The van der Waals surface area contributed by atoms with Gasteiger partial charge in [-0.25, -0.2) is 0 Å². The van der Waals surface area contributed by atoms with E-state index in [1.54, 1.807) is 0 Å². The molecule has 86 valence electrons. The highest BCUT2D eigenvalue weighted by molar-refractivity contribution is 4.90. The summed E-state index contributed by atoms with van der Waals surface area (Å²) in [4.78, 5) is 0. The number of fused-ring (bicyclic) bond motifs is 1. The molecule has 3 aliphatic heterocycles. The van der Waals surface area contributed by atoms with E-state index in [-0.39, 0.29) is 24.6 Å². The van der Waals surface area contributed by atoms with Crippen molar-refractivity contribution >= 4 is 0 Å². The first-order valence-electron chi connectivity index (χ1n) is 5.94. The van der Waals surface area contributed by atoms with Crippen molar-refractivity contribution in [1.29, 1.82) is 0 Å². The highest BCUT2D eigenvalue weighted by Gasteiger charge is 2.43. The molecule has 3 unspecified atom stereocenters. The van der Waals surface area contributed by atoms with Crippen LogP contribution >= 0.6 is 0 Å². The maximum Gasteiger partial charge on any atom is 0.158 e. The summed E-state index contributed by atoms with van der Waals surface area (Å²) >= 11 is 0. The van der Waals surface area contributed by atoms with Gasteiger partial charge in [0.15, 0.2) is 6.29 Å². The first kappa shape index (κ1) is 10.0. The molecule has 4 heteroatoms. The van der Waals surface area contributed by atoms with Crippen molar-refractivity contribution in [2.24, 2.45) is 0 Å². The molecule has 0 N–H and O–H groups in total. The second-order valence-electron chi connectivity index (χ2n) is 4.47. The summed E-state index contributed by atoms with van der Waals surface area (Å²) in [6.45, 7) is 2.29. The maximum atomic E-state index is 5.89. The summed E-state index contributed by atoms with van der Waals surface area (Å²) in [5, 5.41) is 0. The van der Waals surface area contributed by atoms with Gasteiger partial charge in [-0.2, -0.15) is 0 Å². The van der Waals surface area contributed by atoms with Crippen molar-refractivity contribution in [1.82, 2.24) is 0 Å². The fraction of sp³-hybridized carbons (Fsp3) is 1.00. The number of hydrogen-bond donors (Lipinski definition) is 0. The first-order valence-corrected chi connectivity index (χ1v) is 5.94. The molecule has 0 bridgehead atoms. The van der Waals surface area contributed by atoms with Crippen molar-refractivity contribution in [3.05, 3.63) is 0 Å². The molecule has 0 amide bonds. The first-order chi connectivity index (χ1) is 7.43. The molecule has 0 aromatic carbocycles. The Morgan fingerprint density at radius 2 is 1.93 bits per heavy atom. The van der Waals surface area contributed by atoms with E-state index in [4.69, 9.17) is 18.9 Å². The van der Waals surface area contributed by atoms with Gasteiger partial charge in [0.25, 0.3) is 0 Å². The molecular formula is C11H18O4. The van der Waals surface area contributed by atoms with Crippen LogP contribution in [0.2, 0.25) is 0 Å². The van der Waals surface area contributed by atoms with Crippen LogP contribution in [0, 0.1) is 0 Å². The fourth-order valence-corrected chi connectivity index (χ4v) is 2.56. The predicted octanol–water partition coefficient (Wildman–Crippen LogP) is 1.09. The molecule has 0 aliphatic carbocycles. The van der Waals surface area contributed by atoms with Crippen molar-refractivity contribution in [2.45, 2.75) is 50.3 Å². The quantitative estimate of drug-likeness (QED) is 0.689. The average molecular weight is 214 g/mol. The van der Waals surface area contributed by atoms with E-state index in [9.17, 15) is 0 Å². The molecule has 3 saturated heterocycles. The molecule has 0 radical (unpaired) electrons. The Morgan fingerprint density at radius 1 is 0.933 bits per heavy atom. The standard InChI is InChI=1S/C11H18O4/c1-2-5-12-10(3-1)15-9-7-14-8-4-6-13-11(8)9/h8-11H,1-7H2/t8?,9-,10?,11?/m1/s1. The van der Waals surface area contributed by atoms with Gasteiger partial charge in [0.05, 0.1) is 12.7 Å². The zero-order valence-corrected chi connectivity index (χ0v) is 8.89. The molecule has 4 atom stereocenters. The Kier molecular flexibility index (Phi) is 2.92. The van der Waals surface area contributed by atoms with Crippen molar-refractivity contribution < 1.29 is 18.9 Å². The SMILES string of the molecule is C1CCC(O[C@@H]2COC3CCOC32)OC1. The summed E-state index contributed by atoms with van der Waals surface area (Å²) < 4.78 is 22.7. The Bertz CT molecular complexity index is 215. The van der Waals surface area contributed by atoms with Crippen LogP contribution in [0.3, 0.4) is 0 Å². The molecule has 3 fully saturated rings. The second-order valence-corrected chi connectivity index (χ2v) is 4.47. The molecule has 0 saturated carbocycles. The lowest BCUT2D eigenvalue weighted by Crippen LogP contribution is -2.35. The van der Waals surface area contributed by atoms with Crippen LogP contribution in [-0.4, -0.2) is 44.4 Å². The third kappa shape index (κ3) is 2.04. The number of hydrogen-bond acceptors (Lipinski definition) is 4. The Balaban J connectivity index is 1.54. The normalized spacial score (nSPS) is 45.6. The third-order valence-electron chi connectivity index (χ3n) is 3.38. The Morgan fingerprint density at radius 3 is 2.80 bits per heavy atom. The molecule has 0 spiro atoms. The lowest BCUT2D eigenvalue weighted by atomic mass is 10.1. The van der Waals surface area contributed by atoms with E-state index in [1.807, 2.05) is 0 Å². The third-order valence-corrected chi connectivity index (χ3v) is 3.38. The van der Waals surface area contributed by atoms with E-state index in [0.717, 1.165) is 32.5 Å². The van der Waals surface area contributed by atoms with Crippen LogP contribution in [0.15, 0.2) is 0 Å². The topological polar surface area (TPSA) is 36.9 Å². The van der Waals surface area contributed by atoms with Crippen LogP contribution in [0.5, 0.6) is 0 Å². The van der Waals surface area contributed by atoms with E-state index in [0.29, 0.717) is 6.61 Å². The van der Waals surface area contributed by atoms with Gasteiger partial charge in [-0.1, -0.05) is 0 Å². The van der Waals surface area contributed by atoms with Crippen molar-refractivity contribution in [3.63, 3.8) is 0 Å². The Hall–Kier alpha value is -0.160. The minimum Gasteiger partial charge on any atom is -0.373 e. The van der Waals surface area contributed by atoms with Crippen LogP contribution < -0.4 is 0 Å². The van der Waals surface area contributed by atoms with Gasteiger partial charge in [-0.3, -0.25) is 0 Å². The number of rotatable bonds is 2. The highest BCUT2D eigenvalue weighted by Crippen LogP contribution is 2.30. The van der Waals surface area contributed by atoms with Crippen LogP contribution in [0.1, 0.15) is 25.7 Å². The zero-order chi connectivity index (χ0) is 10.1. The van der Waals surface area contributed by atoms with Gasteiger partial charge in [0.2, 0.25) is 0 Å². The van der Waals surface area contributed by atoms with E-state index < -0.39 is 0 Å². The summed E-state index contributed by atoms with van der Waals surface area (Å²) in [6.07, 6.45) is 4.84. The minimum atomic E-state index is -0.0321. The van der Waals surface area contributed by atoms with Crippen molar-refractivity contribution in [3.8, 4) is 0 Å². The van der Waals surface area contributed by atoms with Gasteiger partial charge in [-0.05, 0) is 25.7 Å². The van der Waals surface area contributed by atoms with Gasteiger partial charge in [-0.15, -0.1) is 0 Å². The fourth-order valence-electron chi connectivity index (χ4n) is 2.56. The maximum absolute atomic E-state index is 5.89. The largest absolute Gasteiger partial charge is 0.373 e. The molecule has 3 aliphatic rings. The van der Waals surface area contributed by atoms with Crippen LogP contribution in [0.25, 0.3) is 0 Å². The molecule has 3 heterocycles. The summed E-state index contributed by atoms with van der Waals surface area (Å²) in [5.74, 6) is 0. The highest BCUT2D eigenvalue weighted by atomic mass is 16.7. The lowest BCUT2D eigenvalue weighted by molar-refractivity contribution is -0.201. The zero-order valence-electron chi connectivity index (χ0n) is 8.89. The summed E-state index contributed by atoms with van der Waals surface area (Å²) in [5.41, 5.74) is 0. The van der Waals surface area contributed by atoms with Gasteiger partial charge < -0.3 is 18.9 Å². The molecule has 4 nitrogen and oxygen atoms in total. The van der Waals surface area contributed by atoms with Crippen LogP contribution in [0.4, 0.5) is 0 Å². The second kappa shape index (κ2) is 4.37. The molecule has 3 rings (SSSR count). The predicted molar refractivity (Wildman–Crippen MR) is 52.6 cm³/mol. The minimum absolute atomic E-state index is 0.0321. The monoisotopic (exact) mass is 214 g/mol. The van der Waals surface area contributed by atoms with E-state index >= 15 is 0 Å². The summed E-state index contributed by atoms with van der Waals surface area (Å²) in [6, 6.07) is 0. The molecular weight excluding hydrogens is 196 g/mol. The Labute approximate surface area is 89.8 Å². The summed E-state index contributed by atoms with van der Waals surface area (Å²) in [7, 11) is 0. The molecule has 0 aromatic heterocycles. The van der Waals surface area contributed by atoms with E-state index in [2.05, 4.69) is 0 Å². The van der Waals surface area contributed by atoms with Gasteiger partial charge in [0, 0.05) is 13.2 Å². The van der Waals surface area contributed by atoms with Crippen LogP contribution in [-0.2, 0) is 18.9 Å². The molecule has 15 heavy (non-hydrogen) atoms. The average Bonchev–Trinajstić information content (AvgIpc) is 2.85. The van der Waals surface area contributed by atoms with Gasteiger partial charge >= 0.3 is 0 Å². The molecule has 0 aromatic rings. The van der Waals surface area contributed by atoms with E-state index in [1.165, 1.54) is 6.42 Å².